The Morgan fingerprint density at radius 2 is 2.28 bits per heavy atom. The first-order valence-corrected chi connectivity index (χ1v) is 5.69. The smallest absolute Gasteiger partial charge is 0.291 e. The van der Waals surface area contributed by atoms with Crippen molar-refractivity contribution in [2.75, 3.05) is 6.54 Å². The summed E-state index contributed by atoms with van der Waals surface area (Å²) in [6, 6.07) is 5.28. The number of nitrogens with one attached hydrogen (secondary N) is 1. The summed E-state index contributed by atoms with van der Waals surface area (Å²) in [5.41, 5.74) is 2.16. The van der Waals surface area contributed by atoms with Gasteiger partial charge in [0.15, 0.2) is 0 Å². The van der Waals surface area contributed by atoms with Gasteiger partial charge in [-0.25, -0.2) is 4.98 Å². The fourth-order valence-corrected chi connectivity index (χ4v) is 2.18. The van der Waals surface area contributed by atoms with Gasteiger partial charge in [0, 0.05) is 13.1 Å². The maximum Gasteiger partial charge on any atom is 0.291 e. The van der Waals surface area contributed by atoms with Gasteiger partial charge in [-0.15, -0.1) is 0 Å². The van der Waals surface area contributed by atoms with Gasteiger partial charge < -0.3 is 10.0 Å². The number of aromatic hydroxyl groups is 1. The Balaban J connectivity index is 1.84. The summed E-state index contributed by atoms with van der Waals surface area (Å²) >= 11 is 0. The summed E-state index contributed by atoms with van der Waals surface area (Å²) in [7, 11) is 0. The number of benzene rings is 1. The van der Waals surface area contributed by atoms with Crippen LogP contribution in [-0.2, 0) is 13.0 Å². The van der Waals surface area contributed by atoms with Crippen LogP contribution >= 0.6 is 0 Å². The highest BCUT2D eigenvalue weighted by atomic mass is 16.3. The third kappa shape index (κ3) is 1.81. The Labute approximate surface area is 103 Å². The van der Waals surface area contributed by atoms with Crippen molar-refractivity contribution in [1.29, 1.82) is 0 Å². The van der Waals surface area contributed by atoms with Crippen molar-refractivity contribution in [2.45, 2.75) is 13.0 Å². The normalized spacial score (nSPS) is 14.3. The molecule has 0 aliphatic carbocycles. The molecule has 92 valence electrons. The first-order chi connectivity index (χ1) is 8.74. The van der Waals surface area contributed by atoms with E-state index in [4.69, 9.17) is 0 Å². The van der Waals surface area contributed by atoms with Crippen LogP contribution in [0.4, 0.5) is 0 Å². The van der Waals surface area contributed by atoms with E-state index in [1.54, 1.807) is 17.0 Å². The van der Waals surface area contributed by atoms with Crippen molar-refractivity contribution in [2.24, 2.45) is 0 Å². The van der Waals surface area contributed by atoms with Gasteiger partial charge in [-0.05, 0) is 29.7 Å². The van der Waals surface area contributed by atoms with E-state index < -0.39 is 0 Å². The molecule has 2 aromatic rings. The van der Waals surface area contributed by atoms with Crippen LogP contribution in [0.2, 0.25) is 0 Å². The number of carbonyl (C=O) groups excluding carboxylic acids is 1. The molecule has 1 aliphatic heterocycles. The zero-order valence-corrected chi connectivity index (χ0v) is 9.63. The lowest BCUT2D eigenvalue weighted by Crippen LogP contribution is -2.36. The molecule has 0 saturated carbocycles. The Hall–Kier alpha value is -2.37. The summed E-state index contributed by atoms with van der Waals surface area (Å²) < 4.78 is 0. The van der Waals surface area contributed by atoms with Crippen LogP contribution in [0.15, 0.2) is 24.5 Å². The number of fused-ring (bicyclic) bond motifs is 1. The van der Waals surface area contributed by atoms with Gasteiger partial charge in [0.2, 0.25) is 5.82 Å². The molecular weight excluding hydrogens is 232 g/mol. The predicted molar refractivity (Wildman–Crippen MR) is 62.9 cm³/mol. The van der Waals surface area contributed by atoms with Gasteiger partial charge in [0.1, 0.15) is 12.1 Å². The van der Waals surface area contributed by atoms with E-state index in [0.29, 0.717) is 13.1 Å². The second-order valence-corrected chi connectivity index (χ2v) is 4.26. The predicted octanol–water partition coefficient (Wildman–Crippen LogP) is 0.709. The Morgan fingerprint density at radius 3 is 3.06 bits per heavy atom. The third-order valence-electron chi connectivity index (χ3n) is 3.11. The molecule has 0 fully saturated rings. The van der Waals surface area contributed by atoms with E-state index in [1.165, 1.54) is 11.9 Å². The summed E-state index contributed by atoms with van der Waals surface area (Å²) in [6.07, 6.45) is 2.10. The molecule has 0 saturated heterocycles. The number of phenolic OH excluding ortho intramolecular Hbond substituents is 1. The molecule has 0 unspecified atom stereocenters. The Morgan fingerprint density at radius 1 is 1.39 bits per heavy atom. The molecule has 3 rings (SSSR count). The average molecular weight is 244 g/mol. The molecule has 1 aromatic heterocycles. The van der Waals surface area contributed by atoms with E-state index in [1.807, 2.05) is 6.07 Å². The Bertz CT molecular complexity index is 580. The molecule has 6 heteroatoms. The number of rotatable bonds is 1. The number of nitrogens with zero attached hydrogens (tertiary/aromatic N) is 3. The van der Waals surface area contributed by atoms with Crippen LogP contribution in [0.1, 0.15) is 21.7 Å². The van der Waals surface area contributed by atoms with Gasteiger partial charge in [0.25, 0.3) is 5.91 Å². The van der Waals surface area contributed by atoms with E-state index in [9.17, 15) is 9.90 Å². The SMILES string of the molecule is O=C(c1ncn[nH]1)N1CCc2ccc(O)cc2C1. The van der Waals surface area contributed by atoms with E-state index in [-0.39, 0.29) is 17.5 Å². The first kappa shape index (κ1) is 10.8. The largest absolute Gasteiger partial charge is 0.508 e. The molecule has 2 N–H and O–H groups in total. The van der Waals surface area contributed by atoms with Crippen LogP contribution in [0, 0.1) is 0 Å². The van der Waals surface area contributed by atoms with E-state index in [2.05, 4.69) is 15.2 Å². The number of carbonyl (C=O) groups is 1. The first-order valence-electron chi connectivity index (χ1n) is 5.69. The summed E-state index contributed by atoms with van der Waals surface area (Å²) in [6.45, 7) is 1.14. The second kappa shape index (κ2) is 4.14. The lowest BCUT2D eigenvalue weighted by molar-refractivity contribution is 0.0722. The van der Waals surface area contributed by atoms with Gasteiger partial charge in [-0.2, -0.15) is 5.10 Å². The van der Waals surface area contributed by atoms with Crippen molar-refractivity contribution in [3.63, 3.8) is 0 Å². The molecule has 6 nitrogen and oxygen atoms in total. The molecule has 0 radical (unpaired) electrons. The molecule has 1 amide bonds. The van der Waals surface area contributed by atoms with Crippen molar-refractivity contribution < 1.29 is 9.90 Å². The number of phenols is 1. The van der Waals surface area contributed by atoms with Crippen molar-refractivity contribution in [3.05, 3.63) is 41.5 Å². The van der Waals surface area contributed by atoms with Crippen molar-refractivity contribution in [3.8, 4) is 5.75 Å². The minimum Gasteiger partial charge on any atom is -0.508 e. The van der Waals surface area contributed by atoms with Gasteiger partial charge in [-0.3, -0.25) is 9.89 Å². The topological polar surface area (TPSA) is 82.1 Å². The number of hydrogen-bond donors (Lipinski definition) is 2. The van der Waals surface area contributed by atoms with E-state index >= 15 is 0 Å². The Kier molecular flexibility index (Phi) is 2.47. The molecule has 0 spiro atoms. The van der Waals surface area contributed by atoms with Crippen LogP contribution < -0.4 is 0 Å². The van der Waals surface area contributed by atoms with Gasteiger partial charge >= 0.3 is 0 Å². The molecular formula is C12H12N4O2. The fourth-order valence-electron chi connectivity index (χ4n) is 2.18. The standard InChI is InChI=1S/C12H12N4O2/c17-10-2-1-8-3-4-16(6-9(8)5-10)12(18)11-13-7-14-15-11/h1-2,5,7,17H,3-4,6H2,(H,13,14,15). The highest BCUT2D eigenvalue weighted by molar-refractivity contribution is 5.90. The molecule has 0 bridgehead atoms. The van der Waals surface area contributed by atoms with Crippen molar-refractivity contribution >= 4 is 5.91 Å². The molecule has 18 heavy (non-hydrogen) atoms. The summed E-state index contributed by atoms with van der Waals surface area (Å²) in [5.74, 6) is 0.308. The lowest BCUT2D eigenvalue weighted by atomic mass is 9.99. The zero-order chi connectivity index (χ0) is 12.5. The number of H-pyrrole nitrogens is 1. The summed E-state index contributed by atoms with van der Waals surface area (Å²) in [5, 5.41) is 15.7. The average Bonchev–Trinajstić information content (AvgIpc) is 2.90. The van der Waals surface area contributed by atoms with Crippen molar-refractivity contribution in [1.82, 2.24) is 20.1 Å². The van der Waals surface area contributed by atoms with Gasteiger partial charge in [-0.1, -0.05) is 6.07 Å². The highest BCUT2D eigenvalue weighted by Crippen LogP contribution is 2.23. The van der Waals surface area contributed by atoms with E-state index in [0.717, 1.165) is 12.0 Å². The minimum absolute atomic E-state index is 0.165. The highest BCUT2D eigenvalue weighted by Gasteiger charge is 2.23. The maximum atomic E-state index is 12.1. The molecule has 1 aromatic carbocycles. The van der Waals surface area contributed by atoms with Crippen LogP contribution in [0.3, 0.4) is 0 Å². The maximum absolute atomic E-state index is 12.1. The number of hydrogen-bond acceptors (Lipinski definition) is 4. The zero-order valence-electron chi connectivity index (χ0n) is 9.63. The molecule has 1 aliphatic rings. The molecule has 2 heterocycles. The second-order valence-electron chi connectivity index (χ2n) is 4.26. The molecule has 0 atom stereocenters. The van der Waals surface area contributed by atoms with Gasteiger partial charge in [0.05, 0.1) is 0 Å². The quantitative estimate of drug-likeness (QED) is 0.774. The van der Waals surface area contributed by atoms with Crippen LogP contribution in [0.5, 0.6) is 5.75 Å². The summed E-state index contributed by atoms with van der Waals surface area (Å²) in [4.78, 5) is 17.6. The fraction of sp³-hybridized carbons (Fsp3) is 0.250. The lowest BCUT2D eigenvalue weighted by Gasteiger charge is -2.28. The number of aromatic nitrogens is 3. The number of amides is 1. The monoisotopic (exact) mass is 244 g/mol. The van der Waals surface area contributed by atoms with Crippen LogP contribution in [-0.4, -0.2) is 37.6 Å². The third-order valence-corrected chi connectivity index (χ3v) is 3.11. The minimum atomic E-state index is -0.165. The van der Waals surface area contributed by atoms with Crippen LogP contribution in [0.25, 0.3) is 0 Å². The number of aromatic amines is 1.